The van der Waals surface area contributed by atoms with E-state index in [2.05, 4.69) is 4.72 Å². The first kappa shape index (κ1) is 16.9. The Morgan fingerprint density at radius 3 is 2.50 bits per heavy atom. The number of hydrogen-bond donors (Lipinski definition) is 1. The second-order valence-electron chi connectivity index (χ2n) is 4.50. The average Bonchev–Trinajstić information content (AvgIpc) is 2.90. The Labute approximate surface area is 129 Å². The molecule has 0 aliphatic carbocycles. The summed E-state index contributed by atoms with van der Waals surface area (Å²) in [6, 6.07) is 4.80. The molecule has 0 saturated carbocycles. The van der Waals surface area contributed by atoms with Crippen LogP contribution in [0.1, 0.15) is 24.3 Å². The highest BCUT2D eigenvalue weighted by atomic mass is 35.5. The number of hydrogen-bond acceptors (Lipinski definition) is 3. The first-order chi connectivity index (χ1) is 10.1. The Balaban J connectivity index is 2.34. The summed E-state index contributed by atoms with van der Waals surface area (Å²) in [6.07, 6.45) is -3.38. The SMILES string of the molecule is C[C@@H](NS(=O)(=O)c1ccc(Cl)c(C(F)(F)F)c1)c1ccco1. The van der Waals surface area contributed by atoms with Crippen molar-refractivity contribution in [2.75, 3.05) is 0 Å². The van der Waals surface area contributed by atoms with E-state index < -0.39 is 37.7 Å². The molecule has 0 saturated heterocycles. The Morgan fingerprint density at radius 2 is 1.95 bits per heavy atom. The predicted molar refractivity (Wildman–Crippen MR) is 73.9 cm³/mol. The lowest BCUT2D eigenvalue weighted by atomic mass is 10.2. The van der Waals surface area contributed by atoms with E-state index in [0.717, 1.165) is 12.1 Å². The number of halogens is 4. The fraction of sp³-hybridized carbons (Fsp3) is 0.231. The summed E-state index contributed by atoms with van der Waals surface area (Å²) in [4.78, 5) is -0.525. The predicted octanol–water partition coefficient (Wildman–Crippen LogP) is 3.99. The van der Waals surface area contributed by atoms with Crippen LogP contribution in [-0.4, -0.2) is 8.42 Å². The monoisotopic (exact) mass is 353 g/mol. The van der Waals surface area contributed by atoms with Crippen LogP contribution >= 0.6 is 11.6 Å². The van der Waals surface area contributed by atoms with Gasteiger partial charge in [-0.2, -0.15) is 13.2 Å². The van der Waals surface area contributed by atoms with E-state index in [0.29, 0.717) is 11.8 Å². The van der Waals surface area contributed by atoms with Crippen LogP contribution in [-0.2, 0) is 16.2 Å². The molecule has 0 spiro atoms. The standard InChI is InChI=1S/C13H11ClF3NO3S/c1-8(12-3-2-6-21-12)18-22(19,20)9-4-5-11(14)10(7-9)13(15,16)17/h2-8,18H,1H3/t8-/m1/s1. The van der Waals surface area contributed by atoms with Gasteiger partial charge in [-0.3, -0.25) is 0 Å². The zero-order valence-corrected chi connectivity index (χ0v) is 12.8. The zero-order chi connectivity index (χ0) is 16.5. The van der Waals surface area contributed by atoms with Gasteiger partial charge in [-0.25, -0.2) is 13.1 Å². The minimum Gasteiger partial charge on any atom is -0.468 e. The van der Waals surface area contributed by atoms with Crippen molar-refractivity contribution in [2.24, 2.45) is 0 Å². The van der Waals surface area contributed by atoms with Crippen molar-refractivity contribution in [1.29, 1.82) is 0 Å². The van der Waals surface area contributed by atoms with Crippen molar-refractivity contribution < 1.29 is 26.0 Å². The molecule has 9 heteroatoms. The third-order valence-corrected chi connectivity index (χ3v) is 4.72. The molecule has 120 valence electrons. The van der Waals surface area contributed by atoms with E-state index >= 15 is 0 Å². The maximum atomic E-state index is 12.8. The maximum Gasteiger partial charge on any atom is 0.417 e. The van der Waals surface area contributed by atoms with Crippen LogP contribution < -0.4 is 4.72 Å². The highest BCUT2D eigenvalue weighted by molar-refractivity contribution is 7.89. The molecule has 1 atom stereocenters. The van der Waals surface area contributed by atoms with Gasteiger partial charge in [-0.05, 0) is 37.3 Å². The molecule has 4 nitrogen and oxygen atoms in total. The van der Waals surface area contributed by atoms with Crippen LogP contribution in [0.5, 0.6) is 0 Å². The molecule has 2 aromatic rings. The third kappa shape index (κ3) is 3.63. The minimum atomic E-state index is -4.74. The van der Waals surface area contributed by atoms with Crippen LogP contribution in [0.4, 0.5) is 13.2 Å². The van der Waals surface area contributed by atoms with Crippen LogP contribution in [0.3, 0.4) is 0 Å². The summed E-state index contributed by atoms with van der Waals surface area (Å²) in [5.41, 5.74) is -1.21. The van der Waals surface area contributed by atoms with E-state index in [9.17, 15) is 21.6 Å². The lowest BCUT2D eigenvalue weighted by Gasteiger charge is -2.14. The molecule has 1 heterocycles. The summed E-state index contributed by atoms with van der Waals surface area (Å²) in [7, 11) is -4.15. The topological polar surface area (TPSA) is 59.3 Å². The Hall–Kier alpha value is -1.51. The molecule has 0 radical (unpaired) electrons. The van der Waals surface area contributed by atoms with Gasteiger partial charge in [0.2, 0.25) is 10.0 Å². The van der Waals surface area contributed by atoms with E-state index in [4.69, 9.17) is 16.0 Å². The number of nitrogens with one attached hydrogen (secondary N) is 1. The van der Waals surface area contributed by atoms with Gasteiger partial charge in [0.15, 0.2) is 0 Å². The number of alkyl halides is 3. The lowest BCUT2D eigenvalue weighted by molar-refractivity contribution is -0.137. The van der Waals surface area contributed by atoms with Crippen molar-refractivity contribution in [3.05, 3.63) is 52.9 Å². The van der Waals surface area contributed by atoms with Gasteiger partial charge in [0.1, 0.15) is 5.76 Å². The average molecular weight is 354 g/mol. The van der Waals surface area contributed by atoms with Crippen LogP contribution in [0.25, 0.3) is 0 Å². The minimum absolute atomic E-state index is 0.341. The molecule has 0 amide bonds. The molecule has 0 aliphatic heterocycles. The van der Waals surface area contributed by atoms with E-state index in [1.54, 1.807) is 12.1 Å². The molecule has 0 aliphatic rings. The molecule has 1 aromatic carbocycles. The van der Waals surface area contributed by atoms with Gasteiger partial charge >= 0.3 is 6.18 Å². The molecule has 1 N–H and O–H groups in total. The molecule has 2 rings (SSSR count). The summed E-state index contributed by atoms with van der Waals surface area (Å²) in [5, 5.41) is -0.564. The van der Waals surface area contributed by atoms with Crippen LogP contribution in [0.2, 0.25) is 5.02 Å². The van der Waals surface area contributed by atoms with Gasteiger partial charge in [0, 0.05) is 0 Å². The summed E-state index contributed by atoms with van der Waals surface area (Å²) < 4.78 is 70.0. The van der Waals surface area contributed by atoms with Crippen molar-refractivity contribution >= 4 is 21.6 Å². The highest BCUT2D eigenvalue weighted by Crippen LogP contribution is 2.36. The molecule has 0 unspecified atom stereocenters. The van der Waals surface area contributed by atoms with Gasteiger partial charge in [0.05, 0.1) is 27.8 Å². The van der Waals surface area contributed by atoms with Gasteiger partial charge in [0.25, 0.3) is 0 Å². The van der Waals surface area contributed by atoms with Gasteiger partial charge < -0.3 is 4.42 Å². The second-order valence-corrected chi connectivity index (χ2v) is 6.62. The van der Waals surface area contributed by atoms with Crippen molar-refractivity contribution in [2.45, 2.75) is 24.0 Å². The first-order valence-electron chi connectivity index (χ1n) is 6.04. The molecule has 22 heavy (non-hydrogen) atoms. The number of sulfonamides is 1. The number of furan rings is 1. The molecule has 1 aromatic heterocycles. The quantitative estimate of drug-likeness (QED) is 0.904. The summed E-state index contributed by atoms with van der Waals surface area (Å²) >= 11 is 5.47. The molecule has 0 bridgehead atoms. The fourth-order valence-electron chi connectivity index (χ4n) is 1.79. The first-order valence-corrected chi connectivity index (χ1v) is 7.90. The largest absolute Gasteiger partial charge is 0.468 e. The second kappa shape index (κ2) is 5.94. The Kier molecular flexibility index (Phi) is 4.55. The van der Waals surface area contributed by atoms with E-state index in [1.807, 2.05) is 0 Å². The van der Waals surface area contributed by atoms with Gasteiger partial charge in [-0.1, -0.05) is 11.6 Å². The Morgan fingerprint density at radius 1 is 1.27 bits per heavy atom. The molecule has 0 fully saturated rings. The Bertz CT molecular complexity index is 757. The van der Waals surface area contributed by atoms with E-state index in [1.165, 1.54) is 13.2 Å². The normalized spacial score (nSPS) is 14.0. The van der Waals surface area contributed by atoms with Crippen molar-refractivity contribution in [1.82, 2.24) is 4.72 Å². The smallest absolute Gasteiger partial charge is 0.417 e. The number of rotatable bonds is 4. The number of benzene rings is 1. The van der Waals surface area contributed by atoms with E-state index in [-0.39, 0.29) is 0 Å². The van der Waals surface area contributed by atoms with Gasteiger partial charge in [-0.15, -0.1) is 0 Å². The summed E-state index contributed by atoms with van der Waals surface area (Å²) in [6.45, 7) is 1.51. The molecular weight excluding hydrogens is 343 g/mol. The van der Waals surface area contributed by atoms with Crippen LogP contribution in [0, 0.1) is 0 Å². The van der Waals surface area contributed by atoms with Crippen LogP contribution in [0.15, 0.2) is 45.9 Å². The summed E-state index contributed by atoms with van der Waals surface area (Å²) in [5.74, 6) is 0.341. The fourth-order valence-corrected chi connectivity index (χ4v) is 3.25. The zero-order valence-electron chi connectivity index (χ0n) is 11.2. The third-order valence-electron chi connectivity index (χ3n) is 2.86. The molecular formula is C13H11ClF3NO3S. The van der Waals surface area contributed by atoms with Crippen molar-refractivity contribution in [3.63, 3.8) is 0 Å². The highest BCUT2D eigenvalue weighted by Gasteiger charge is 2.34. The maximum absolute atomic E-state index is 12.8. The lowest BCUT2D eigenvalue weighted by Crippen LogP contribution is -2.27. The van der Waals surface area contributed by atoms with Crippen molar-refractivity contribution in [3.8, 4) is 0 Å².